The number of aromatic nitrogens is 1. The van der Waals surface area contributed by atoms with Crippen LogP contribution in [0.3, 0.4) is 0 Å². The monoisotopic (exact) mass is 479 g/mol. The third kappa shape index (κ3) is 6.20. The maximum atomic E-state index is 12.9. The highest BCUT2D eigenvalue weighted by Crippen LogP contribution is 2.28. The number of hydrogen-bond acceptors (Lipinski definition) is 6. The van der Waals surface area contributed by atoms with Crippen molar-refractivity contribution in [2.45, 2.75) is 26.3 Å². The van der Waals surface area contributed by atoms with Crippen molar-refractivity contribution in [2.75, 3.05) is 19.0 Å². The van der Waals surface area contributed by atoms with Gasteiger partial charge in [-0.05, 0) is 48.7 Å². The number of nitrogens with zero attached hydrogens (tertiary/aromatic N) is 1. The van der Waals surface area contributed by atoms with Crippen molar-refractivity contribution in [3.63, 3.8) is 0 Å². The molecule has 0 spiro atoms. The zero-order valence-electron chi connectivity index (χ0n) is 20.1. The van der Waals surface area contributed by atoms with Crippen LogP contribution in [0.25, 0.3) is 11.1 Å². The minimum atomic E-state index is -0.754. The second-order valence-corrected chi connectivity index (χ2v) is 7.97. The van der Waals surface area contributed by atoms with Crippen molar-refractivity contribution in [1.29, 1.82) is 0 Å². The molecule has 0 aliphatic carbocycles. The summed E-state index contributed by atoms with van der Waals surface area (Å²) in [5.41, 5.74) is 2.04. The van der Waals surface area contributed by atoms with Crippen LogP contribution in [0.4, 0.5) is 10.5 Å². The average Bonchev–Trinajstić information content (AvgIpc) is 2.85. The van der Waals surface area contributed by atoms with Gasteiger partial charge in [0.25, 0.3) is 5.56 Å². The summed E-state index contributed by atoms with van der Waals surface area (Å²) in [4.78, 5) is 37.6. The number of rotatable bonds is 8. The normalized spacial score (nSPS) is 11.4. The summed E-state index contributed by atoms with van der Waals surface area (Å²) in [5.74, 6) is -0.0999. The number of benzene rings is 2. The van der Waals surface area contributed by atoms with Gasteiger partial charge < -0.3 is 29.8 Å². The van der Waals surface area contributed by atoms with E-state index in [0.717, 1.165) is 11.1 Å². The third-order valence-electron chi connectivity index (χ3n) is 5.44. The van der Waals surface area contributed by atoms with E-state index < -0.39 is 23.6 Å². The molecule has 0 aliphatic rings. The summed E-state index contributed by atoms with van der Waals surface area (Å²) < 4.78 is 11.7. The fraction of sp³-hybridized carbons (Fsp3) is 0.269. The molecule has 3 aromatic rings. The number of nitrogens with one attached hydrogen (secondary N) is 2. The number of esters is 1. The van der Waals surface area contributed by atoms with E-state index in [-0.39, 0.29) is 24.5 Å². The van der Waals surface area contributed by atoms with Crippen molar-refractivity contribution in [3.8, 4) is 22.6 Å². The molecule has 3 N–H and O–H groups in total. The topological polar surface area (TPSA) is 119 Å². The molecule has 1 unspecified atom stereocenters. The lowest BCUT2D eigenvalue weighted by molar-refractivity contribution is -0.143. The van der Waals surface area contributed by atoms with Crippen LogP contribution in [-0.4, -0.2) is 35.4 Å². The molecule has 0 radical (unpaired) electrons. The van der Waals surface area contributed by atoms with E-state index >= 15 is 0 Å². The standard InChI is InChI=1S/C26H29N3O6/c1-5-35-22(30)14-21(27-26(33)28-23-24(31)16(2)15-29(3)25(23)32)19-10-6-8-17(12-19)18-9-7-11-20(13-18)34-4/h6-13,15,21,31H,5,14H2,1-4H3,(H2,27,28,33). The number of amides is 2. The SMILES string of the molecule is CCOC(=O)CC(NC(=O)Nc1c(O)c(C)cn(C)c1=O)c1cccc(-c2cccc(OC)c2)c1. The molecular weight excluding hydrogens is 450 g/mol. The smallest absolute Gasteiger partial charge is 0.319 e. The minimum absolute atomic E-state index is 0.124. The second-order valence-electron chi connectivity index (χ2n) is 7.97. The number of ether oxygens (including phenoxy) is 2. The van der Waals surface area contributed by atoms with E-state index in [1.807, 2.05) is 42.5 Å². The van der Waals surface area contributed by atoms with Gasteiger partial charge in [-0.1, -0.05) is 30.3 Å². The molecule has 1 heterocycles. The number of methoxy groups -OCH3 is 1. The van der Waals surface area contributed by atoms with Gasteiger partial charge in [-0.3, -0.25) is 9.59 Å². The van der Waals surface area contributed by atoms with E-state index in [1.54, 1.807) is 27.0 Å². The Bertz CT molecular complexity index is 1280. The summed E-state index contributed by atoms with van der Waals surface area (Å²) in [7, 11) is 3.11. The molecule has 2 aromatic carbocycles. The molecule has 0 bridgehead atoms. The predicted molar refractivity (Wildman–Crippen MR) is 133 cm³/mol. The van der Waals surface area contributed by atoms with Crippen LogP contribution in [0.5, 0.6) is 11.5 Å². The van der Waals surface area contributed by atoms with Gasteiger partial charge >= 0.3 is 12.0 Å². The number of hydrogen-bond donors (Lipinski definition) is 3. The Kier molecular flexibility index (Phi) is 8.14. The van der Waals surface area contributed by atoms with Crippen molar-refractivity contribution >= 4 is 17.7 Å². The van der Waals surface area contributed by atoms with Gasteiger partial charge in [0.05, 0.1) is 26.2 Å². The number of anilines is 1. The fourth-order valence-corrected chi connectivity index (χ4v) is 3.68. The number of aromatic hydroxyl groups is 1. The van der Waals surface area contributed by atoms with E-state index in [4.69, 9.17) is 9.47 Å². The van der Waals surface area contributed by atoms with Gasteiger partial charge in [-0.15, -0.1) is 0 Å². The summed E-state index contributed by atoms with van der Waals surface area (Å²) >= 11 is 0. The Labute approximate surface area is 203 Å². The van der Waals surface area contributed by atoms with Gasteiger partial charge in [-0.2, -0.15) is 0 Å². The van der Waals surface area contributed by atoms with Crippen molar-refractivity contribution < 1.29 is 24.2 Å². The van der Waals surface area contributed by atoms with Gasteiger partial charge in [0.2, 0.25) is 0 Å². The fourth-order valence-electron chi connectivity index (χ4n) is 3.68. The Morgan fingerprint density at radius 3 is 2.49 bits per heavy atom. The van der Waals surface area contributed by atoms with Crippen LogP contribution in [0.1, 0.15) is 30.5 Å². The number of carbonyl (C=O) groups excluding carboxylic acids is 2. The number of pyridine rings is 1. The molecule has 2 amide bonds. The molecule has 184 valence electrons. The van der Waals surface area contributed by atoms with Crippen LogP contribution in [0.15, 0.2) is 59.5 Å². The molecule has 35 heavy (non-hydrogen) atoms. The molecule has 9 heteroatoms. The first kappa shape index (κ1) is 25.4. The first-order chi connectivity index (χ1) is 16.7. The lowest BCUT2D eigenvalue weighted by atomic mass is 9.97. The summed E-state index contributed by atoms with van der Waals surface area (Å²) in [6.07, 6.45) is 1.34. The van der Waals surface area contributed by atoms with Crippen LogP contribution in [0, 0.1) is 6.92 Å². The second kappa shape index (κ2) is 11.2. The van der Waals surface area contributed by atoms with Gasteiger partial charge in [0.1, 0.15) is 11.5 Å². The predicted octanol–water partition coefficient (Wildman–Crippen LogP) is 3.89. The van der Waals surface area contributed by atoms with Crippen LogP contribution >= 0.6 is 0 Å². The maximum absolute atomic E-state index is 12.9. The Morgan fingerprint density at radius 2 is 1.80 bits per heavy atom. The summed E-state index contributed by atoms with van der Waals surface area (Å²) in [5, 5.41) is 15.4. The lowest BCUT2D eigenvalue weighted by Crippen LogP contribution is -2.36. The highest BCUT2D eigenvalue weighted by atomic mass is 16.5. The molecule has 1 aromatic heterocycles. The van der Waals surface area contributed by atoms with E-state index in [1.165, 1.54) is 17.8 Å². The third-order valence-corrected chi connectivity index (χ3v) is 5.44. The first-order valence-electron chi connectivity index (χ1n) is 11.1. The molecule has 0 saturated heterocycles. The molecule has 1 atom stereocenters. The number of urea groups is 1. The van der Waals surface area contributed by atoms with E-state index in [9.17, 15) is 19.5 Å². The van der Waals surface area contributed by atoms with Crippen molar-refractivity contribution in [1.82, 2.24) is 9.88 Å². The Balaban J connectivity index is 1.91. The van der Waals surface area contributed by atoms with Gasteiger partial charge in [-0.25, -0.2) is 4.79 Å². The summed E-state index contributed by atoms with van der Waals surface area (Å²) in [6, 6.07) is 13.4. The number of carbonyl (C=O) groups is 2. The van der Waals surface area contributed by atoms with Gasteiger partial charge in [0.15, 0.2) is 5.69 Å². The maximum Gasteiger partial charge on any atom is 0.319 e. The van der Waals surface area contributed by atoms with Crippen molar-refractivity contribution in [2.24, 2.45) is 7.05 Å². The zero-order chi connectivity index (χ0) is 25.5. The Morgan fingerprint density at radius 1 is 1.11 bits per heavy atom. The molecule has 9 nitrogen and oxygen atoms in total. The minimum Gasteiger partial charge on any atom is -0.505 e. The molecule has 0 saturated carbocycles. The molecule has 0 fully saturated rings. The first-order valence-corrected chi connectivity index (χ1v) is 11.1. The van der Waals surface area contributed by atoms with Crippen LogP contribution in [0.2, 0.25) is 0 Å². The average molecular weight is 480 g/mol. The van der Waals surface area contributed by atoms with Crippen LogP contribution < -0.4 is 20.9 Å². The highest BCUT2D eigenvalue weighted by Gasteiger charge is 2.22. The van der Waals surface area contributed by atoms with E-state index in [0.29, 0.717) is 16.9 Å². The zero-order valence-corrected chi connectivity index (χ0v) is 20.1. The molecule has 3 rings (SSSR count). The molecular formula is C26H29N3O6. The largest absolute Gasteiger partial charge is 0.505 e. The summed E-state index contributed by atoms with van der Waals surface area (Å²) in [6.45, 7) is 3.52. The van der Waals surface area contributed by atoms with E-state index in [2.05, 4.69) is 10.6 Å². The van der Waals surface area contributed by atoms with Crippen LogP contribution in [-0.2, 0) is 16.6 Å². The highest BCUT2D eigenvalue weighted by molar-refractivity contribution is 5.91. The van der Waals surface area contributed by atoms with Crippen molar-refractivity contribution in [3.05, 3.63) is 76.2 Å². The Hall–Kier alpha value is -4.27. The quantitative estimate of drug-likeness (QED) is 0.422. The lowest BCUT2D eigenvalue weighted by Gasteiger charge is -2.20. The number of aryl methyl sites for hydroxylation is 2. The van der Waals surface area contributed by atoms with Gasteiger partial charge in [0, 0.05) is 18.8 Å². The molecule has 0 aliphatic heterocycles.